The number of hydrogen-bond donors (Lipinski definition) is 0. The molecule has 0 atom stereocenters. The zero-order chi connectivity index (χ0) is 21.7. The van der Waals surface area contributed by atoms with Gasteiger partial charge in [-0.1, -0.05) is 30.7 Å². The Morgan fingerprint density at radius 2 is 2.00 bits per heavy atom. The van der Waals surface area contributed by atoms with E-state index in [1.54, 1.807) is 24.3 Å². The molecule has 1 amide bonds. The van der Waals surface area contributed by atoms with Crippen LogP contribution >= 0.6 is 11.3 Å². The molecule has 2 aromatic carbocycles. The predicted octanol–water partition coefficient (Wildman–Crippen LogP) is 4.07. The molecule has 0 unspecified atom stereocenters. The van der Waals surface area contributed by atoms with Crippen molar-refractivity contribution < 1.29 is 27.8 Å². The Morgan fingerprint density at radius 1 is 1.20 bits per heavy atom. The SMILES string of the molecule is CCCCOc1cccc(C(=O)N=c2sc3cc(F)cc(F)c3n2CC(=O)OC)c1. The Balaban J connectivity index is 2.03. The Kier molecular flexibility index (Phi) is 6.94. The molecule has 3 aromatic rings. The number of methoxy groups -OCH3 is 1. The number of fused-ring (bicyclic) bond motifs is 1. The van der Waals surface area contributed by atoms with Gasteiger partial charge in [0.05, 0.1) is 23.9 Å². The van der Waals surface area contributed by atoms with Crippen molar-refractivity contribution in [1.82, 2.24) is 4.57 Å². The molecule has 0 fully saturated rings. The zero-order valence-electron chi connectivity index (χ0n) is 16.5. The summed E-state index contributed by atoms with van der Waals surface area (Å²) in [5.74, 6) is -2.33. The maximum atomic E-state index is 14.4. The van der Waals surface area contributed by atoms with E-state index in [4.69, 9.17) is 4.74 Å². The van der Waals surface area contributed by atoms with E-state index in [0.29, 0.717) is 18.4 Å². The topological polar surface area (TPSA) is 69.9 Å². The zero-order valence-corrected chi connectivity index (χ0v) is 17.3. The van der Waals surface area contributed by atoms with Crippen LogP contribution in [0.2, 0.25) is 0 Å². The van der Waals surface area contributed by atoms with Crippen LogP contribution in [0.1, 0.15) is 30.1 Å². The summed E-state index contributed by atoms with van der Waals surface area (Å²) in [6.45, 7) is 2.21. The highest BCUT2D eigenvalue weighted by molar-refractivity contribution is 7.16. The number of benzene rings is 2. The number of carbonyl (C=O) groups excluding carboxylic acids is 2. The van der Waals surface area contributed by atoms with Crippen molar-refractivity contribution in [1.29, 1.82) is 0 Å². The molecule has 0 bridgehead atoms. The van der Waals surface area contributed by atoms with Crippen molar-refractivity contribution in [3.63, 3.8) is 0 Å². The van der Waals surface area contributed by atoms with E-state index in [9.17, 15) is 18.4 Å². The van der Waals surface area contributed by atoms with Gasteiger partial charge in [-0.15, -0.1) is 0 Å². The molecule has 3 rings (SSSR count). The molecule has 0 saturated heterocycles. The molecule has 0 spiro atoms. The third kappa shape index (κ3) is 4.91. The lowest BCUT2D eigenvalue weighted by Crippen LogP contribution is -2.23. The van der Waals surface area contributed by atoms with E-state index in [0.717, 1.165) is 30.2 Å². The first kappa shape index (κ1) is 21.6. The molecule has 6 nitrogen and oxygen atoms in total. The minimum absolute atomic E-state index is 0.0185. The first-order chi connectivity index (χ1) is 14.4. The van der Waals surface area contributed by atoms with E-state index in [1.807, 2.05) is 6.92 Å². The lowest BCUT2D eigenvalue weighted by molar-refractivity contribution is -0.141. The lowest BCUT2D eigenvalue weighted by atomic mass is 10.2. The van der Waals surface area contributed by atoms with E-state index in [2.05, 4.69) is 9.73 Å². The summed E-state index contributed by atoms with van der Waals surface area (Å²) in [5, 5.41) is 0. The van der Waals surface area contributed by atoms with Crippen molar-refractivity contribution in [2.75, 3.05) is 13.7 Å². The molecule has 158 valence electrons. The van der Waals surface area contributed by atoms with E-state index in [1.165, 1.54) is 11.7 Å². The van der Waals surface area contributed by atoms with Crippen molar-refractivity contribution in [2.45, 2.75) is 26.3 Å². The molecule has 0 aliphatic carbocycles. The van der Waals surface area contributed by atoms with Gasteiger partial charge in [0.1, 0.15) is 18.1 Å². The minimum Gasteiger partial charge on any atom is -0.494 e. The average molecular weight is 434 g/mol. The second-order valence-corrected chi connectivity index (χ2v) is 7.44. The first-order valence-electron chi connectivity index (χ1n) is 9.30. The average Bonchev–Trinajstić information content (AvgIpc) is 3.05. The Bertz CT molecular complexity index is 1150. The van der Waals surface area contributed by atoms with Gasteiger partial charge in [0.15, 0.2) is 10.6 Å². The first-order valence-corrected chi connectivity index (χ1v) is 10.1. The summed E-state index contributed by atoms with van der Waals surface area (Å²) in [6, 6.07) is 8.40. The van der Waals surface area contributed by atoms with Crippen LogP contribution in [0.4, 0.5) is 8.78 Å². The molecule has 1 heterocycles. The summed E-state index contributed by atoms with van der Waals surface area (Å²) >= 11 is 0.905. The highest BCUT2D eigenvalue weighted by Gasteiger charge is 2.17. The number of ether oxygens (including phenoxy) is 2. The molecule has 0 aliphatic heterocycles. The largest absolute Gasteiger partial charge is 0.494 e. The van der Waals surface area contributed by atoms with Gasteiger partial charge >= 0.3 is 5.97 Å². The summed E-state index contributed by atoms with van der Waals surface area (Å²) in [6.07, 6.45) is 1.87. The lowest BCUT2D eigenvalue weighted by Gasteiger charge is -2.06. The fourth-order valence-electron chi connectivity index (χ4n) is 2.76. The fourth-order valence-corrected chi connectivity index (χ4v) is 3.83. The van der Waals surface area contributed by atoms with Crippen molar-refractivity contribution >= 4 is 33.4 Å². The highest BCUT2D eigenvalue weighted by Crippen LogP contribution is 2.23. The summed E-state index contributed by atoms with van der Waals surface area (Å²) in [4.78, 5) is 28.6. The van der Waals surface area contributed by atoms with Crippen molar-refractivity contribution in [3.05, 3.63) is 58.4 Å². The van der Waals surface area contributed by atoms with E-state index >= 15 is 0 Å². The number of halogens is 2. The Labute approximate surface area is 175 Å². The normalized spacial score (nSPS) is 11.7. The number of thiazole rings is 1. The number of rotatable bonds is 7. The van der Waals surface area contributed by atoms with Gasteiger partial charge in [-0.05, 0) is 30.7 Å². The molecule has 0 aliphatic rings. The maximum absolute atomic E-state index is 14.4. The van der Waals surface area contributed by atoms with Crippen LogP contribution in [0.5, 0.6) is 5.75 Å². The third-order valence-electron chi connectivity index (χ3n) is 4.25. The van der Waals surface area contributed by atoms with Gasteiger partial charge in [0, 0.05) is 11.6 Å². The summed E-state index contributed by atoms with van der Waals surface area (Å²) in [5.41, 5.74) is 0.257. The number of carbonyl (C=O) groups is 2. The van der Waals surface area contributed by atoms with Crippen LogP contribution in [0.15, 0.2) is 41.4 Å². The fraction of sp³-hybridized carbons (Fsp3) is 0.286. The molecular formula is C21H20F2N2O4S. The van der Waals surface area contributed by atoms with Crippen LogP contribution in [0, 0.1) is 11.6 Å². The van der Waals surface area contributed by atoms with Crippen LogP contribution in [-0.2, 0) is 16.1 Å². The quantitative estimate of drug-likeness (QED) is 0.415. The number of amides is 1. The van der Waals surface area contributed by atoms with Gasteiger partial charge in [0.2, 0.25) is 0 Å². The van der Waals surface area contributed by atoms with Gasteiger partial charge in [0.25, 0.3) is 5.91 Å². The van der Waals surface area contributed by atoms with Gasteiger partial charge < -0.3 is 14.0 Å². The number of aromatic nitrogens is 1. The standard InChI is InChI=1S/C21H20F2N2O4S/c1-3-4-8-29-15-7-5-6-13(9-15)20(27)24-21-25(12-18(26)28-2)19-16(23)10-14(22)11-17(19)30-21/h5-7,9-11H,3-4,8,12H2,1-2H3. The third-order valence-corrected chi connectivity index (χ3v) is 5.28. The molecule has 0 radical (unpaired) electrons. The maximum Gasteiger partial charge on any atom is 0.325 e. The van der Waals surface area contributed by atoms with Gasteiger partial charge in [-0.3, -0.25) is 9.59 Å². The van der Waals surface area contributed by atoms with Gasteiger partial charge in [-0.25, -0.2) is 8.78 Å². The molecule has 0 saturated carbocycles. The molecule has 9 heteroatoms. The molecule has 30 heavy (non-hydrogen) atoms. The minimum atomic E-state index is -0.856. The van der Waals surface area contributed by atoms with Gasteiger partial charge in [-0.2, -0.15) is 4.99 Å². The number of esters is 1. The number of hydrogen-bond acceptors (Lipinski definition) is 5. The molecular weight excluding hydrogens is 414 g/mol. The smallest absolute Gasteiger partial charge is 0.325 e. The van der Waals surface area contributed by atoms with Crippen LogP contribution in [0.3, 0.4) is 0 Å². The molecule has 1 aromatic heterocycles. The van der Waals surface area contributed by atoms with Crippen LogP contribution in [0.25, 0.3) is 10.2 Å². The second kappa shape index (κ2) is 9.62. The van der Waals surface area contributed by atoms with Crippen molar-refractivity contribution in [2.24, 2.45) is 4.99 Å². The highest BCUT2D eigenvalue weighted by atomic mass is 32.1. The van der Waals surface area contributed by atoms with Crippen molar-refractivity contribution in [3.8, 4) is 5.75 Å². The number of nitrogens with zero attached hydrogens (tertiary/aromatic N) is 2. The summed E-state index contributed by atoms with van der Waals surface area (Å²) in [7, 11) is 1.19. The Hall–Kier alpha value is -3.07. The second-order valence-electron chi connectivity index (χ2n) is 6.43. The molecule has 0 N–H and O–H groups in total. The van der Waals surface area contributed by atoms with Crippen LogP contribution < -0.4 is 9.54 Å². The predicted molar refractivity (Wildman–Crippen MR) is 108 cm³/mol. The Morgan fingerprint density at radius 3 is 2.73 bits per heavy atom. The van der Waals surface area contributed by atoms with E-state index in [-0.39, 0.29) is 27.1 Å². The van der Waals surface area contributed by atoms with Crippen LogP contribution in [-0.4, -0.2) is 30.2 Å². The van der Waals surface area contributed by atoms with E-state index < -0.39 is 23.5 Å². The summed E-state index contributed by atoms with van der Waals surface area (Å²) < 4.78 is 39.7. The monoisotopic (exact) mass is 434 g/mol. The number of unbranched alkanes of at least 4 members (excludes halogenated alkanes) is 1.